The van der Waals surface area contributed by atoms with Crippen molar-refractivity contribution in [3.8, 4) is 0 Å². The van der Waals surface area contributed by atoms with Crippen LogP contribution in [0.1, 0.15) is 55.6 Å². The highest BCUT2D eigenvalue weighted by atomic mass is 19.4. The summed E-state index contributed by atoms with van der Waals surface area (Å²) >= 11 is 0. The van der Waals surface area contributed by atoms with Gasteiger partial charge >= 0.3 is 12.1 Å². The number of carbonyl (C=O) groups excluding carboxylic acids is 2. The van der Waals surface area contributed by atoms with Crippen LogP contribution in [0.25, 0.3) is 0 Å². The van der Waals surface area contributed by atoms with Crippen molar-refractivity contribution in [2.24, 2.45) is 11.8 Å². The Morgan fingerprint density at radius 3 is 2.54 bits per heavy atom. The second-order valence-corrected chi connectivity index (χ2v) is 8.17. The van der Waals surface area contributed by atoms with Crippen LogP contribution in [0.4, 0.5) is 13.2 Å². The van der Waals surface area contributed by atoms with E-state index in [1.165, 1.54) is 19.2 Å². The molecule has 1 amide bonds. The summed E-state index contributed by atoms with van der Waals surface area (Å²) in [6, 6.07) is 4.88. The molecule has 0 unspecified atom stereocenters. The molecule has 0 radical (unpaired) electrons. The number of hydrogen-bond donors (Lipinski definition) is 0. The molecule has 5 atom stereocenters. The van der Waals surface area contributed by atoms with Crippen molar-refractivity contribution in [1.82, 2.24) is 4.90 Å². The minimum atomic E-state index is -4.44. The number of alkyl halides is 3. The summed E-state index contributed by atoms with van der Waals surface area (Å²) < 4.78 is 44.9. The summed E-state index contributed by atoms with van der Waals surface area (Å²) in [5, 5.41) is 0. The van der Waals surface area contributed by atoms with Gasteiger partial charge in [-0.2, -0.15) is 13.2 Å². The quantitative estimate of drug-likeness (QED) is 0.723. The average molecular weight is 395 g/mol. The normalized spacial score (nSPS) is 32.0. The molecular weight excluding hydrogens is 371 g/mol. The first kappa shape index (κ1) is 19.3. The number of halogens is 3. The first-order chi connectivity index (χ1) is 13.3. The van der Waals surface area contributed by atoms with E-state index in [2.05, 4.69) is 0 Å². The molecule has 4 rings (SSSR count). The van der Waals surface area contributed by atoms with Crippen LogP contribution in [0.5, 0.6) is 0 Å². The van der Waals surface area contributed by atoms with E-state index in [1.807, 2.05) is 0 Å². The standard InChI is InChI=1S/C21H24F3NO3/c1-28-20(27)18-10-12-6-2-5-9-17(12)25(18)19(26)15-11-14(15)13-7-3-4-8-16(13)21(22,23)24/h3-4,7-8,12,14-15,17-18H,2,5-6,9-11H2,1H3/t12-,14+,15+,17-,18-/m0/s1. The minimum absolute atomic E-state index is 0.00413. The molecule has 3 aliphatic rings. The van der Waals surface area contributed by atoms with Crippen LogP contribution in [0.15, 0.2) is 24.3 Å². The Morgan fingerprint density at radius 1 is 1.11 bits per heavy atom. The maximum Gasteiger partial charge on any atom is 0.416 e. The Labute approximate surface area is 162 Å². The molecule has 28 heavy (non-hydrogen) atoms. The third-order valence-corrected chi connectivity index (χ3v) is 6.59. The van der Waals surface area contributed by atoms with E-state index in [9.17, 15) is 22.8 Å². The van der Waals surface area contributed by atoms with Gasteiger partial charge in [0.05, 0.1) is 12.7 Å². The molecule has 1 aromatic rings. The van der Waals surface area contributed by atoms with Gasteiger partial charge in [0.1, 0.15) is 6.04 Å². The fraction of sp³-hybridized carbons (Fsp3) is 0.619. The Kier molecular flexibility index (Phi) is 4.88. The van der Waals surface area contributed by atoms with Crippen molar-refractivity contribution < 1.29 is 27.5 Å². The SMILES string of the molecule is COC(=O)[C@@H]1C[C@@H]2CCCC[C@@H]2N1C(=O)[C@@H]1C[C@@H]1c1ccccc1C(F)(F)F. The summed E-state index contributed by atoms with van der Waals surface area (Å²) in [5.74, 6) is -1.26. The third-order valence-electron chi connectivity index (χ3n) is 6.59. The zero-order chi connectivity index (χ0) is 20.1. The number of ether oxygens (including phenoxy) is 1. The highest BCUT2D eigenvalue weighted by Crippen LogP contribution is 2.53. The first-order valence-electron chi connectivity index (χ1n) is 9.89. The largest absolute Gasteiger partial charge is 0.467 e. The number of nitrogens with zero attached hydrogens (tertiary/aromatic N) is 1. The Bertz CT molecular complexity index is 778. The lowest BCUT2D eigenvalue weighted by molar-refractivity contribution is -0.153. The molecule has 2 aliphatic carbocycles. The summed E-state index contributed by atoms with van der Waals surface area (Å²) in [6.45, 7) is 0. The second kappa shape index (κ2) is 7.08. The number of likely N-dealkylation sites (tertiary alicyclic amines) is 1. The van der Waals surface area contributed by atoms with Crippen LogP contribution >= 0.6 is 0 Å². The topological polar surface area (TPSA) is 46.6 Å². The molecular formula is C21H24F3NO3. The molecule has 1 saturated heterocycles. The molecule has 7 heteroatoms. The Hall–Kier alpha value is -2.05. The van der Waals surface area contributed by atoms with Gasteiger partial charge < -0.3 is 9.64 Å². The lowest BCUT2D eigenvalue weighted by atomic mass is 9.84. The van der Waals surface area contributed by atoms with Crippen molar-refractivity contribution in [3.63, 3.8) is 0 Å². The van der Waals surface area contributed by atoms with Crippen molar-refractivity contribution in [2.45, 2.75) is 62.7 Å². The molecule has 0 bridgehead atoms. The number of carbonyl (C=O) groups is 2. The molecule has 4 nitrogen and oxygen atoms in total. The van der Waals surface area contributed by atoms with Gasteiger partial charge in [-0.25, -0.2) is 4.79 Å². The molecule has 3 fully saturated rings. The number of benzene rings is 1. The van der Waals surface area contributed by atoms with Gasteiger partial charge in [0.25, 0.3) is 0 Å². The highest BCUT2D eigenvalue weighted by molar-refractivity contribution is 5.89. The van der Waals surface area contributed by atoms with E-state index in [4.69, 9.17) is 4.74 Å². The van der Waals surface area contributed by atoms with E-state index >= 15 is 0 Å². The van der Waals surface area contributed by atoms with Gasteiger partial charge in [-0.15, -0.1) is 0 Å². The smallest absolute Gasteiger partial charge is 0.416 e. The van der Waals surface area contributed by atoms with E-state index in [1.54, 1.807) is 11.0 Å². The van der Waals surface area contributed by atoms with Gasteiger partial charge in [0.2, 0.25) is 5.91 Å². The molecule has 0 aromatic heterocycles. The minimum Gasteiger partial charge on any atom is -0.467 e. The van der Waals surface area contributed by atoms with Gasteiger partial charge in [-0.05, 0) is 49.1 Å². The van der Waals surface area contributed by atoms with Crippen LogP contribution in [-0.2, 0) is 20.5 Å². The van der Waals surface area contributed by atoms with Crippen LogP contribution < -0.4 is 0 Å². The molecule has 1 aliphatic heterocycles. The van der Waals surface area contributed by atoms with E-state index < -0.39 is 35.6 Å². The van der Waals surface area contributed by atoms with Crippen molar-refractivity contribution >= 4 is 11.9 Å². The van der Waals surface area contributed by atoms with Crippen LogP contribution in [0.2, 0.25) is 0 Å². The number of hydrogen-bond acceptors (Lipinski definition) is 3. The molecule has 2 saturated carbocycles. The summed E-state index contributed by atoms with van der Waals surface area (Å²) in [5.41, 5.74) is -0.487. The average Bonchev–Trinajstić information content (AvgIpc) is 3.39. The van der Waals surface area contributed by atoms with Crippen LogP contribution in [0, 0.1) is 11.8 Å². The maximum absolute atomic E-state index is 13.3. The zero-order valence-electron chi connectivity index (χ0n) is 15.7. The fourth-order valence-electron chi connectivity index (χ4n) is 5.21. The van der Waals surface area contributed by atoms with Crippen molar-refractivity contribution in [1.29, 1.82) is 0 Å². The van der Waals surface area contributed by atoms with Gasteiger partial charge in [0.15, 0.2) is 0 Å². The van der Waals surface area contributed by atoms with Crippen molar-refractivity contribution in [2.75, 3.05) is 7.11 Å². The second-order valence-electron chi connectivity index (χ2n) is 8.17. The van der Waals surface area contributed by atoms with Gasteiger partial charge in [-0.3, -0.25) is 4.79 Å². The lowest BCUT2D eigenvalue weighted by Gasteiger charge is -2.33. The van der Waals surface area contributed by atoms with Crippen LogP contribution in [0.3, 0.4) is 0 Å². The highest BCUT2D eigenvalue weighted by Gasteiger charge is 2.55. The monoisotopic (exact) mass is 395 g/mol. The van der Waals surface area contributed by atoms with Gasteiger partial charge in [0, 0.05) is 12.0 Å². The molecule has 0 N–H and O–H groups in total. The first-order valence-corrected chi connectivity index (χ1v) is 9.89. The van der Waals surface area contributed by atoms with E-state index in [0.717, 1.165) is 31.7 Å². The number of methoxy groups -OCH3 is 1. The fourth-order valence-corrected chi connectivity index (χ4v) is 5.21. The summed E-state index contributed by atoms with van der Waals surface area (Å²) in [7, 11) is 1.31. The summed E-state index contributed by atoms with van der Waals surface area (Å²) in [4.78, 5) is 27.2. The number of amides is 1. The molecule has 152 valence electrons. The lowest BCUT2D eigenvalue weighted by Crippen LogP contribution is -2.47. The Balaban J connectivity index is 1.57. The van der Waals surface area contributed by atoms with Crippen LogP contribution in [-0.4, -0.2) is 36.0 Å². The molecule has 0 spiro atoms. The number of esters is 1. The number of fused-ring (bicyclic) bond motifs is 1. The molecule has 1 heterocycles. The molecule has 1 aromatic carbocycles. The predicted molar refractivity (Wildman–Crippen MR) is 95.3 cm³/mol. The third kappa shape index (κ3) is 3.29. The summed E-state index contributed by atoms with van der Waals surface area (Å²) in [6.07, 6.45) is 0.468. The van der Waals surface area contributed by atoms with E-state index in [0.29, 0.717) is 12.8 Å². The van der Waals surface area contributed by atoms with E-state index in [-0.39, 0.29) is 23.4 Å². The zero-order valence-corrected chi connectivity index (χ0v) is 15.7. The Morgan fingerprint density at radius 2 is 1.82 bits per heavy atom. The maximum atomic E-state index is 13.3. The van der Waals surface area contributed by atoms with Gasteiger partial charge in [-0.1, -0.05) is 31.0 Å². The number of rotatable bonds is 3. The predicted octanol–water partition coefficient (Wildman–Crippen LogP) is 4.14. The van der Waals surface area contributed by atoms with Crippen molar-refractivity contribution in [3.05, 3.63) is 35.4 Å².